The molecule has 1 N–H and O–H groups in total. The molecule has 1 aromatic heterocycles. The van der Waals surface area contributed by atoms with Crippen molar-refractivity contribution in [3.63, 3.8) is 0 Å². The van der Waals surface area contributed by atoms with Crippen LogP contribution in [0.5, 0.6) is 0 Å². The van der Waals surface area contributed by atoms with Crippen LogP contribution in [-0.2, 0) is 16.1 Å². The van der Waals surface area contributed by atoms with E-state index in [-0.39, 0.29) is 6.61 Å². The van der Waals surface area contributed by atoms with Gasteiger partial charge in [0.15, 0.2) is 0 Å². The second-order valence-corrected chi connectivity index (χ2v) is 4.42. The lowest BCUT2D eigenvalue weighted by Gasteiger charge is -2.03. The number of thiophene rings is 1. The van der Waals surface area contributed by atoms with Gasteiger partial charge in [-0.2, -0.15) is 0 Å². The lowest BCUT2D eigenvalue weighted by Crippen LogP contribution is -2.04. The van der Waals surface area contributed by atoms with Crippen molar-refractivity contribution in [2.45, 2.75) is 20.0 Å². The monoisotopic (exact) mass is 254 g/mol. The summed E-state index contributed by atoms with van der Waals surface area (Å²) in [5.41, 5.74) is 0.935. The maximum Gasteiger partial charge on any atom is 0.104 e. The van der Waals surface area contributed by atoms with Crippen LogP contribution in [0.4, 0.5) is 0 Å². The molecule has 1 aromatic rings. The molecule has 0 unspecified atom stereocenters. The highest BCUT2D eigenvalue weighted by Gasteiger charge is 1.98. The molecular weight excluding hydrogens is 236 g/mol. The van der Waals surface area contributed by atoms with Gasteiger partial charge in [0.25, 0.3) is 0 Å². The normalized spacial score (nSPS) is 10.0. The molecule has 0 radical (unpaired) electrons. The van der Waals surface area contributed by atoms with E-state index in [0.29, 0.717) is 19.8 Å². The molecule has 0 fully saturated rings. The van der Waals surface area contributed by atoms with Gasteiger partial charge in [0, 0.05) is 22.4 Å². The molecule has 3 nitrogen and oxygen atoms in total. The Kier molecular flexibility index (Phi) is 7.69. The van der Waals surface area contributed by atoms with Gasteiger partial charge >= 0.3 is 0 Å². The van der Waals surface area contributed by atoms with Gasteiger partial charge in [-0.3, -0.25) is 0 Å². The van der Waals surface area contributed by atoms with E-state index in [4.69, 9.17) is 14.6 Å². The van der Waals surface area contributed by atoms with Gasteiger partial charge in [0.2, 0.25) is 0 Å². The average molecular weight is 254 g/mol. The minimum Gasteiger partial charge on any atom is -0.384 e. The summed E-state index contributed by atoms with van der Waals surface area (Å²) >= 11 is 1.62. The summed E-state index contributed by atoms with van der Waals surface area (Å²) in [5, 5.41) is 10.5. The third-order valence-corrected chi connectivity index (χ3v) is 2.84. The molecule has 0 spiro atoms. The van der Waals surface area contributed by atoms with Gasteiger partial charge in [0.05, 0.1) is 19.8 Å². The highest BCUT2D eigenvalue weighted by Crippen LogP contribution is 2.14. The quantitative estimate of drug-likeness (QED) is 0.598. The van der Waals surface area contributed by atoms with Crippen LogP contribution in [0.15, 0.2) is 11.4 Å². The second-order valence-electron chi connectivity index (χ2n) is 3.43. The molecule has 4 heteroatoms. The summed E-state index contributed by atoms with van der Waals surface area (Å²) in [5.74, 6) is 5.48. The summed E-state index contributed by atoms with van der Waals surface area (Å²) in [6, 6.07) is 1.99. The van der Waals surface area contributed by atoms with Crippen LogP contribution in [0.2, 0.25) is 0 Å². The molecule has 0 aliphatic rings. The molecule has 0 aliphatic carbocycles. The fourth-order valence-corrected chi connectivity index (χ4v) is 1.95. The molecule has 1 heterocycles. The summed E-state index contributed by atoms with van der Waals surface area (Å²) in [4.78, 5) is 1.14. The van der Waals surface area contributed by atoms with E-state index >= 15 is 0 Å². The number of aliphatic hydroxyl groups excluding tert-OH is 1. The smallest absolute Gasteiger partial charge is 0.104 e. The van der Waals surface area contributed by atoms with Crippen molar-refractivity contribution in [1.29, 1.82) is 0 Å². The number of hydrogen-bond donors (Lipinski definition) is 1. The molecule has 0 bridgehead atoms. The Morgan fingerprint density at radius 1 is 1.29 bits per heavy atom. The molecule has 0 saturated heterocycles. The van der Waals surface area contributed by atoms with Crippen LogP contribution in [0.1, 0.15) is 23.8 Å². The SMILES string of the molecule is CCCOCCOCc1cc(C#CCO)cs1. The van der Waals surface area contributed by atoms with Gasteiger partial charge in [-0.15, -0.1) is 11.3 Å². The largest absolute Gasteiger partial charge is 0.384 e. The molecule has 94 valence electrons. The van der Waals surface area contributed by atoms with E-state index in [1.165, 1.54) is 0 Å². The lowest BCUT2D eigenvalue weighted by molar-refractivity contribution is 0.0417. The fraction of sp³-hybridized carbons (Fsp3) is 0.538. The van der Waals surface area contributed by atoms with E-state index in [9.17, 15) is 0 Å². The zero-order chi connectivity index (χ0) is 12.3. The first-order valence-electron chi connectivity index (χ1n) is 5.69. The molecule has 0 amide bonds. The Bertz CT molecular complexity index is 362. The van der Waals surface area contributed by atoms with Crippen molar-refractivity contribution in [2.75, 3.05) is 26.4 Å². The number of hydrogen-bond acceptors (Lipinski definition) is 4. The van der Waals surface area contributed by atoms with Crippen LogP contribution in [0.3, 0.4) is 0 Å². The fourth-order valence-electron chi connectivity index (χ4n) is 1.20. The summed E-state index contributed by atoms with van der Waals surface area (Å²) in [6.07, 6.45) is 1.04. The highest BCUT2D eigenvalue weighted by molar-refractivity contribution is 7.10. The minimum atomic E-state index is -0.101. The Morgan fingerprint density at radius 2 is 2.12 bits per heavy atom. The van der Waals surface area contributed by atoms with Gasteiger partial charge in [0.1, 0.15) is 6.61 Å². The molecule has 0 saturated carbocycles. The highest BCUT2D eigenvalue weighted by atomic mass is 32.1. The topological polar surface area (TPSA) is 38.7 Å². The second kappa shape index (κ2) is 9.20. The van der Waals surface area contributed by atoms with E-state index < -0.39 is 0 Å². The maximum absolute atomic E-state index is 8.57. The maximum atomic E-state index is 8.57. The van der Waals surface area contributed by atoms with E-state index in [1.807, 2.05) is 11.4 Å². The first-order chi connectivity index (χ1) is 8.36. The van der Waals surface area contributed by atoms with Gasteiger partial charge < -0.3 is 14.6 Å². The molecule has 0 aromatic carbocycles. The van der Waals surface area contributed by atoms with E-state index in [0.717, 1.165) is 23.5 Å². The van der Waals surface area contributed by atoms with Crippen molar-refractivity contribution in [3.05, 3.63) is 21.9 Å². The number of aliphatic hydroxyl groups is 1. The van der Waals surface area contributed by atoms with Crippen molar-refractivity contribution in [3.8, 4) is 11.8 Å². The first kappa shape index (κ1) is 14.2. The van der Waals surface area contributed by atoms with Gasteiger partial charge in [-0.05, 0) is 12.5 Å². The van der Waals surface area contributed by atoms with Crippen LogP contribution in [0.25, 0.3) is 0 Å². The van der Waals surface area contributed by atoms with Crippen molar-refractivity contribution in [2.24, 2.45) is 0 Å². The average Bonchev–Trinajstić information content (AvgIpc) is 2.79. The predicted octanol–water partition coefficient (Wildman–Crippen LogP) is 2.04. The minimum absolute atomic E-state index is 0.101. The predicted molar refractivity (Wildman–Crippen MR) is 69.0 cm³/mol. The van der Waals surface area contributed by atoms with Crippen LogP contribution >= 0.6 is 11.3 Å². The van der Waals surface area contributed by atoms with Crippen molar-refractivity contribution < 1.29 is 14.6 Å². The molecule has 17 heavy (non-hydrogen) atoms. The van der Waals surface area contributed by atoms with E-state index in [1.54, 1.807) is 11.3 Å². The standard InChI is InChI=1S/C13H18O3S/c1-2-6-15-7-8-16-10-13-9-12(11-17-13)4-3-5-14/h9,11,14H,2,5-8,10H2,1H3. The molecule has 0 atom stereocenters. The number of ether oxygens (including phenoxy) is 2. The van der Waals surface area contributed by atoms with Gasteiger partial charge in [-0.1, -0.05) is 18.8 Å². The number of rotatable bonds is 7. The summed E-state index contributed by atoms with van der Waals surface area (Å²) < 4.78 is 10.8. The lowest BCUT2D eigenvalue weighted by atomic mass is 10.3. The third-order valence-electron chi connectivity index (χ3n) is 1.93. The molecule has 0 aliphatic heterocycles. The Morgan fingerprint density at radius 3 is 2.88 bits per heavy atom. The molecule has 1 rings (SSSR count). The van der Waals surface area contributed by atoms with Crippen molar-refractivity contribution >= 4 is 11.3 Å². The zero-order valence-electron chi connectivity index (χ0n) is 10.1. The summed E-state index contributed by atoms with van der Waals surface area (Å²) in [6.45, 7) is 4.65. The van der Waals surface area contributed by atoms with Crippen LogP contribution < -0.4 is 0 Å². The Hall–Kier alpha value is -0.860. The van der Waals surface area contributed by atoms with Crippen LogP contribution in [0, 0.1) is 11.8 Å². The third kappa shape index (κ3) is 6.44. The van der Waals surface area contributed by atoms with Crippen molar-refractivity contribution in [1.82, 2.24) is 0 Å². The van der Waals surface area contributed by atoms with E-state index in [2.05, 4.69) is 18.8 Å². The Labute approximate surface area is 106 Å². The first-order valence-corrected chi connectivity index (χ1v) is 6.57. The molecular formula is C13H18O3S. The Balaban J connectivity index is 2.16. The van der Waals surface area contributed by atoms with Gasteiger partial charge in [-0.25, -0.2) is 0 Å². The summed E-state index contributed by atoms with van der Waals surface area (Å²) in [7, 11) is 0. The van der Waals surface area contributed by atoms with Crippen LogP contribution in [-0.4, -0.2) is 31.5 Å². The zero-order valence-corrected chi connectivity index (χ0v) is 10.9.